The first-order valence-electron chi connectivity index (χ1n) is 10.1. The van der Waals surface area contributed by atoms with Gasteiger partial charge in [-0.15, -0.1) is 0 Å². The van der Waals surface area contributed by atoms with E-state index in [4.69, 9.17) is 0 Å². The average Bonchev–Trinajstić information content (AvgIpc) is 2.66. The summed E-state index contributed by atoms with van der Waals surface area (Å²) in [6.45, 7) is 10.3. The van der Waals surface area contributed by atoms with Gasteiger partial charge in [-0.25, -0.2) is 5.10 Å². The van der Waals surface area contributed by atoms with E-state index in [1.807, 2.05) is 74.5 Å². The van der Waals surface area contributed by atoms with Crippen molar-refractivity contribution in [1.82, 2.24) is 15.5 Å². The van der Waals surface area contributed by atoms with Crippen LogP contribution < -0.4 is 10.9 Å². The molecule has 156 valence electrons. The number of aromatic nitrogens is 2. The fourth-order valence-corrected chi connectivity index (χ4v) is 4.10. The molecule has 0 saturated carbocycles. The maximum atomic E-state index is 13.4. The summed E-state index contributed by atoms with van der Waals surface area (Å²) in [5.41, 5.74) is 1.83. The number of nitrogens with zero attached hydrogens (tertiary/aromatic N) is 1. The molecule has 0 unspecified atom stereocenters. The number of rotatable bonds is 5. The Kier molecular flexibility index (Phi) is 5.92. The standard InChI is InChI=1S/C25H29N3O2/c1-24(2,3)16-25(4,5)26-22(29)20-19(17-12-8-6-9-13-17)21(27-28-23(20)30)18-14-10-7-11-15-18/h6-15H,16H2,1-5H3,(H,26,29)(H,28,30). The second-order valence-corrected chi connectivity index (χ2v) is 9.46. The molecule has 3 aromatic rings. The molecule has 0 aliphatic heterocycles. The smallest absolute Gasteiger partial charge is 0.277 e. The molecule has 0 radical (unpaired) electrons. The van der Waals surface area contributed by atoms with Crippen LogP contribution in [-0.4, -0.2) is 21.6 Å². The van der Waals surface area contributed by atoms with Crippen molar-refractivity contribution in [3.05, 3.63) is 76.6 Å². The maximum Gasteiger partial charge on any atom is 0.277 e. The van der Waals surface area contributed by atoms with Crippen LogP contribution in [0.25, 0.3) is 22.4 Å². The van der Waals surface area contributed by atoms with Crippen LogP contribution in [0.1, 0.15) is 51.4 Å². The van der Waals surface area contributed by atoms with E-state index in [9.17, 15) is 9.59 Å². The lowest BCUT2D eigenvalue weighted by atomic mass is 9.81. The molecule has 0 fully saturated rings. The van der Waals surface area contributed by atoms with E-state index in [2.05, 4.69) is 36.3 Å². The lowest BCUT2D eigenvalue weighted by Crippen LogP contribution is -2.47. The molecule has 5 heteroatoms. The van der Waals surface area contributed by atoms with Crippen LogP contribution in [0.15, 0.2) is 65.5 Å². The number of nitrogens with one attached hydrogen (secondary N) is 2. The highest BCUT2D eigenvalue weighted by Crippen LogP contribution is 2.32. The van der Waals surface area contributed by atoms with Gasteiger partial charge in [0, 0.05) is 16.7 Å². The van der Waals surface area contributed by atoms with Gasteiger partial charge < -0.3 is 5.32 Å². The van der Waals surface area contributed by atoms with Crippen molar-refractivity contribution < 1.29 is 4.79 Å². The number of carbonyl (C=O) groups is 1. The van der Waals surface area contributed by atoms with Gasteiger partial charge in [0.25, 0.3) is 11.5 Å². The highest BCUT2D eigenvalue weighted by molar-refractivity contribution is 6.03. The van der Waals surface area contributed by atoms with E-state index in [1.165, 1.54) is 0 Å². The molecule has 1 aromatic heterocycles. The van der Waals surface area contributed by atoms with Crippen LogP contribution in [0.3, 0.4) is 0 Å². The fraction of sp³-hybridized carbons (Fsp3) is 0.320. The van der Waals surface area contributed by atoms with E-state index in [-0.39, 0.29) is 11.0 Å². The van der Waals surface area contributed by atoms with Crippen molar-refractivity contribution in [3.63, 3.8) is 0 Å². The Bertz CT molecular complexity index is 1080. The van der Waals surface area contributed by atoms with Gasteiger partial charge in [0.05, 0.1) is 5.69 Å². The average molecular weight is 404 g/mol. The molecule has 0 spiro atoms. The number of hydrogen-bond donors (Lipinski definition) is 2. The van der Waals surface area contributed by atoms with Crippen molar-refractivity contribution in [1.29, 1.82) is 0 Å². The Hall–Kier alpha value is -3.21. The Balaban J connectivity index is 2.17. The van der Waals surface area contributed by atoms with Crippen LogP contribution in [0.2, 0.25) is 0 Å². The van der Waals surface area contributed by atoms with Crippen molar-refractivity contribution >= 4 is 5.91 Å². The molecule has 5 nitrogen and oxygen atoms in total. The van der Waals surface area contributed by atoms with Crippen molar-refractivity contribution in [3.8, 4) is 22.4 Å². The highest BCUT2D eigenvalue weighted by Gasteiger charge is 2.30. The van der Waals surface area contributed by atoms with Gasteiger partial charge in [0.15, 0.2) is 0 Å². The summed E-state index contributed by atoms with van der Waals surface area (Å²) < 4.78 is 0. The van der Waals surface area contributed by atoms with Gasteiger partial charge in [-0.05, 0) is 31.2 Å². The summed E-state index contributed by atoms with van der Waals surface area (Å²) in [7, 11) is 0. The number of H-pyrrole nitrogens is 1. The van der Waals surface area contributed by atoms with Crippen LogP contribution in [0, 0.1) is 5.41 Å². The SMILES string of the molecule is CC(C)(C)CC(C)(C)NC(=O)c1c(-c2ccccc2)c(-c2ccccc2)n[nH]c1=O. The molecule has 1 amide bonds. The minimum atomic E-state index is -0.502. The van der Waals surface area contributed by atoms with E-state index >= 15 is 0 Å². The number of aromatic amines is 1. The van der Waals surface area contributed by atoms with Crippen molar-refractivity contribution in [2.24, 2.45) is 5.41 Å². The largest absolute Gasteiger partial charge is 0.347 e. The first kappa shape index (κ1) is 21.5. The predicted molar refractivity (Wildman–Crippen MR) is 121 cm³/mol. The number of benzene rings is 2. The lowest BCUT2D eigenvalue weighted by molar-refractivity contribution is 0.0890. The molecule has 3 rings (SSSR count). The summed E-state index contributed by atoms with van der Waals surface area (Å²) in [5.74, 6) is -0.399. The molecule has 0 aliphatic carbocycles. The number of carbonyl (C=O) groups excluding carboxylic acids is 1. The van der Waals surface area contributed by atoms with Crippen molar-refractivity contribution in [2.45, 2.75) is 46.6 Å². The first-order chi connectivity index (χ1) is 14.1. The summed E-state index contributed by atoms with van der Waals surface area (Å²) in [6.07, 6.45) is 0.765. The molecule has 2 N–H and O–H groups in total. The minimum absolute atomic E-state index is 0.0267. The zero-order valence-electron chi connectivity index (χ0n) is 18.2. The zero-order valence-corrected chi connectivity index (χ0v) is 18.2. The lowest BCUT2D eigenvalue weighted by Gasteiger charge is -2.33. The van der Waals surface area contributed by atoms with Gasteiger partial charge in [-0.3, -0.25) is 9.59 Å². The van der Waals surface area contributed by atoms with Crippen LogP contribution in [0.4, 0.5) is 0 Å². The van der Waals surface area contributed by atoms with Crippen LogP contribution in [-0.2, 0) is 0 Å². The summed E-state index contributed by atoms with van der Waals surface area (Å²) in [4.78, 5) is 26.2. The van der Waals surface area contributed by atoms with Gasteiger partial charge >= 0.3 is 0 Å². The molecule has 1 heterocycles. The molecule has 2 aromatic carbocycles. The number of hydrogen-bond acceptors (Lipinski definition) is 3. The molecular weight excluding hydrogens is 374 g/mol. The quantitative estimate of drug-likeness (QED) is 0.626. The fourth-order valence-electron chi connectivity index (χ4n) is 4.10. The molecule has 0 bridgehead atoms. The van der Waals surface area contributed by atoms with Crippen molar-refractivity contribution in [2.75, 3.05) is 0 Å². The highest BCUT2D eigenvalue weighted by atomic mass is 16.2. The van der Waals surface area contributed by atoms with Gasteiger partial charge in [0.2, 0.25) is 0 Å². The predicted octanol–water partition coefficient (Wildman–Crippen LogP) is 5.05. The third-order valence-corrected chi connectivity index (χ3v) is 4.74. The maximum absolute atomic E-state index is 13.4. The Labute approximate surface area is 177 Å². The van der Waals surface area contributed by atoms with Gasteiger partial charge in [0.1, 0.15) is 5.56 Å². The molecular formula is C25H29N3O2. The van der Waals surface area contributed by atoms with E-state index in [0.29, 0.717) is 11.3 Å². The normalized spacial score (nSPS) is 11.9. The first-order valence-corrected chi connectivity index (χ1v) is 10.1. The third-order valence-electron chi connectivity index (χ3n) is 4.74. The number of amides is 1. The third kappa shape index (κ3) is 5.03. The second kappa shape index (κ2) is 8.27. The molecule has 0 saturated heterocycles. The van der Waals surface area contributed by atoms with Gasteiger partial charge in [-0.2, -0.15) is 5.10 Å². The van der Waals surface area contributed by atoms with E-state index in [1.54, 1.807) is 0 Å². The molecule has 0 aliphatic rings. The minimum Gasteiger partial charge on any atom is -0.347 e. The molecule has 0 atom stereocenters. The Morgan fingerprint density at radius 3 is 1.97 bits per heavy atom. The Morgan fingerprint density at radius 2 is 1.43 bits per heavy atom. The monoisotopic (exact) mass is 403 g/mol. The Morgan fingerprint density at radius 1 is 0.900 bits per heavy atom. The second-order valence-electron chi connectivity index (χ2n) is 9.46. The summed E-state index contributed by atoms with van der Waals surface area (Å²) >= 11 is 0. The topological polar surface area (TPSA) is 74.8 Å². The summed E-state index contributed by atoms with van der Waals surface area (Å²) in [5, 5.41) is 9.90. The van der Waals surface area contributed by atoms with Crippen LogP contribution >= 0.6 is 0 Å². The van der Waals surface area contributed by atoms with E-state index < -0.39 is 17.0 Å². The van der Waals surface area contributed by atoms with E-state index in [0.717, 1.165) is 17.5 Å². The van der Waals surface area contributed by atoms with Crippen LogP contribution in [0.5, 0.6) is 0 Å². The zero-order chi connectivity index (χ0) is 21.9. The van der Waals surface area contributed by atoms with Gasteiger partial charge in [-0.1, -0.05) is 81.4 Å². The molecule has 30 heavy (non-hydrogen) atoms. The summed E-state index contributed by atoms with van der Waals surface area (Å²) in [6, 6.07) is 19.0.